The van der Waals surface area contributed by atoms with E-state index in [1.807, 2.05) is 12.1 Å². The van der Waals surface area contributed by atoms with Gasteiger partial charge in [-0.2, -0.15) is 0 Å². The molecule has 3 rings (SSSR count). The number of aromatic nitrogens is 1. The summed E-state index contributed by atoms with van der Waals surface area (Å²) in [6.07, 6.45) is 1.73. The van der Waals surface area contributed by atoms with Crippen molar-refractivity contribution in [1.82, 2.24) is 4.98 Å². The van der Waals surface area contributed by atoms with Crippen molar-refractivity contribution in [3.8, 4) is 5.75 Å². The van der Waals surface area contributed by atoms with Gasteiger partial charge < -0.3 is 14.9 Å². The van der Waals surface area contributed by atoms with Crippen molar-refractivity contribution in [2.24, 2.45) is 0 Å². The van der Waals surface area contributed by atoms with Gasteiger partial charge in [0.25, 0.3) is 0 Å². The Kier molecular flexibility index (Phi) is 6.92. The lowest BCUT2D eigenvalue weighted by atomic mass is 10.1. The molecule has 0 fully saturated rings. The molecule has 0 bridgehead atoms. The zero-order valence-electron chi connectivity index (χ0n) is 15.7. The van der Waals surface area contributed by atoms with Crippen LogP contribution in [0.2, 0.25) is 0 Å². The molecular formula is C21H21NO5S2. The van der Waals surface area contributed by atoms with Gasteiger partial charge in [-0.15, -0.1) is 0 Å². The highest BCUT2D eigenvalue weighted by Crippen LogP contribution is 2.31. The molecule has 0 unspecified atom stereocenters. The third kappa shape index (κ3) is 5.57. The standard InChI is InChI=1S/C21H21NO5S2/c1-2-27-16-11-15(13-21(23)24)12-20(14-16)29(25,26)19-5-3-17(4-6-19)28-18-7-9-22-10-8-18/h3-12,14,21,23-24H,2,13H2,1H3. The maximum absolute atomic E-state index is 13.1. The van der Waals surface area contributed by atoms with Gasteiger partial charge in [0, 0.05) is 28.6 Å². The Labute approximate surface area is 174 Å². The van der Waals surface area contributed by atoms with Gasteiger partial charge in [-0.1, -0.05) is 11.8 Å². The van der Waals surface area contributed by atoms with Crippen molar-refractivity contribution in [3.05, 3.63) is 72.6 Å². The summed E-state index contributed by atoms with van der Waals surface area (Å²) in [7, 11) is -3.79. The fourth-order valence-electron chi connectivity index (χ4n) is 2.73. The van der Waals surface area contributed by atoms with Crippen molar-refractivity contribution in [2.75, 3.05) is 6.61 Å². The third-order valence-corrected chi connectivity index (χ3v) is 6.76. The van der Waals surface area contributed by atoms with Gasteiger partial charge in [0.05, 0.1) is 16.4 Å². The molecule has 0 saturated carbocycles. The van der Waals surface area contributed by atoms with E-state index in [0.29, 0.717) is 17.9 Å². The molecule has 8 heteroatoms. The third-order valence-electron chi connectivity index (χ3n) is 4.00. The maximum Gasteiger partial charge on any atom is 0.206 e. The molecule has 1 aromatic heterocycles. The number of sulfone groups is 1. The van der Waals surface area contributed by atoms with E-state index in [0.717, 1.165) is 9.79 Å². The number of hydrogen-bond acceptors (Lipinski definition) is 7. The van der Waals surface area contributed by atoms with Crippen LogP contribution in [0.3, 0.4) is 0 Å². The molecule has 3 aromatic rings. The monoisotopic (exact) mass is 431 g/mol. The SMILES string of the molecule is CCOc1cc(CC(O)O)cc(S(=O)(=O)c2ccc(Sc3ccncc3)cc2)c1. The summed E-state index contributed by atoms with van der Waals surface area (Å²) in [5.41, 5.74) is 0.467. The van der Waals surface area contributed by atoms with E-state index in [-0.39, 0.29) is 16.2 Å². The molecule has 0 aliphatic rings. The van der Waals surface area contributed by atoms with Gasteiger partial charge >= 0.3 is 0 Å². The van der Waals surface area contributed by atoms with E-state index in [4.69, 9.17) is 4.74 Å². The number of nitrogens with zero attached hydrogens (tertiary/aromatic N) is 1. The van der Waals surface area contributed by atoms with Crippen LogP contribution in [0, 0.1) is 0 Å². The predicted octanol–water partition coefficient (Wildman–Crippen LogP) is 3.32. The zero-order chi connectivity index (χ0) is 20.9. The number of hydrogen-bond donors (Lipinski definition) is 2. The summed E-state index contributed by atoms with van der Waals surface area (Å²) in [5.74, 6) is 0.370. The lowest BCUT2D eigenvalue weighted by molar-refractivity contribution is -0.0382. The van der Waals surface area contributed by atoms with E-state index in [1.54, 1.807) is 49.6 Å². The number of aliphatic hydroxyl groups is 2. The Morgan fingerprint density at radius 2 is 1.62 bits per heavy atom. The Morgan fingerprint density at radius 3 is 2.24 bits per heavy atom. The Morgan fingerprint density at radius 1 is 0.966 bits per heavy atom. The maximum atomic E-state index is 13.1. The lowest BCUT2D eigenvalue weighted by Gasteiger charge is -2.12. The van der Waals surface area contributed by atoms with Crippen molar-refractivity contribution in [2.45, 2.75) is 39.2 Å². The van der Waals surface area contributed by atoms with Crippen molar-refractivity contribution >= 4 is 21.6 Å². The Hall–Kier alpha value is -2.39. The van der Waals surface area contributed by atoms with E-state index >= 15 is 0 Å². The van der Waals surface area contributed by atoms with Crippen LogP contribution in [0.1, 0.15) is 12.5 Å². The van der Waals surface area contributed by atoms with E-state index in [9.17, 15) is 18.6 Å². The largest absolute Gasteiger partial charge is 0.494 e. The van der Waals surface area contributed by atoms with Crippen LogP contribution in [-0.4, -0.2) is 36.5 Å². The first-order valence-electron chi connectivity index (χ1n) is 8.94. The van der Waals surface area contributed by atoms with Gasteiger partial charge in [0.2, 0.25) is 9.84 Å². The highest BCUT2D eigenvalue weighted by Gasteiger charge is 2.20. The molecule has 0 saturated heterocycles. The molecule has 0 atom stereocenters. The molecule has 0 aliphatic heterocycles. The van der Waals surface area contributed by atoms with E-state index < -0.39 is 16.1 Å². The van der Waals surface area contributed by atoms with Gasteiger partial charge in [-0.3, -0.25) is 4.98 Å². The van der Waals surface area contributed by atoms with E-state index in [1.165, 1.54) is 23.9 Å². The molecule has 1 heterocycles. The Bertz CT molecular complexity index is 1050. The summed E-state index contributed by atoms with van der Waals surface area (Å²) in [4.78, 5) is 6.09. The smallest absolute Gasteiger partial charge is 0.206 e. The molecule has 0 radical (unpaired) electrons. The Balaban J connectivity index is 1.90. The van der Waals surface area contributed by atoms with Crippen molar-refractivity contribution in [1.29, 1.82) is 0 Å². The first-order valence-corrected chi connectivity index (χ1v) is 11.2. The van der Waals surface area contributed by atoms with Gasteiger partial charge in [-0.25, -0.2) is 8.42 Å². The minimum Gasteiger partial charge on any atom is -0.494 e. The topological polar surface area (TPSA) is 96.7 Å². The van der Waals surface area contributed by atoms with Crippen LogP contribution in [0.15, 0.2) is 86.6 Å². The second-order valence-corrected chi connectivity index (χ2v) is 9.29. The summed E-state index contributed by atoms with van der Waals surface area (Å²) < 4.78 is 31.7. The number of rotatable bonds is 8. The summed E-state index contributed by atoms with van der Waals surface area (Å²) in [5, 5.41) is 18.5. The van der Waals surface area contributed by atoms with Crippen molar-refractivity contribution < 1.29 is 23.4 Å². The van der Waals surface area contributed by atoms with Crippen LogP contribution in [-0.2, 0) is 16.3 Å². The minimum atomic E-state index is -3.79. The minimum absolute atomic E-state index is 0.0497. The second-order valence-electron chi connectivity index (χ2n) is 6.19. The van der Waals surface area contributed by atoms with Gasteiger partial charge in [-0.05, 0) is 67.1 Å². The highest BCUT2D eigenvalue weighted by molar-refractivity contribution is 7.99. The number of ether oxygens (including phenoxy) is 1. The first-order chi connectivity index (χ1) is 13.9. The summed E-state index contributed by atoms with van der Waals surface area (Å²) in [6.45, 7) is 2.16. The predicted molar refractivity (Wildman–Crippen MR) is 110 cm³/mol. The molecule has 0 spiro atoms. The summed E-state index contributed by atoms with van der Waals surface area (Å²) >= 11 is 1.51. The van der Waals surface area contributed by atoms with Crippen LogP contribution in [0.5, 0.6) is 5.75 Å². The fourth-order valence-corrected chi connectivity index (χ4v) is 4.88. The molecule has 2 aromatic carbocycles. The quantitative estimate of drug-likeness (QED) is 0.528. The number of pyridine rings is 1. The summed E-state index contributed by atoms with van der Waals surface area (Å²) in [6, 6.07) is 14.9. The average molecular weight is 432 g/mol. The average Bonchev–Trinajstić information content (AvgIpc) is 2.69. The van der Waals surface area contributed by atoms with E-state index in [2.05, 4.69) is 4.98 Å². The second kappa shape index (κ2) is 9.41. The molecular weight excluding hydrogens is 410 g/mol. The molecule has 2 N–H and O–H groups in total. The van der Waals surface area contributed by atoms with Crippen LogP contribution in [0.25, 0.3) is 0 Å². The number of benzene rings is 2. The van der Waals surface area contributed by atoms with Gasteiger partial charge in [0.1, 0.15) is 5.75 Å². The van der Waals surface area contributed by atoms with Crippen LogP contribution >= 0.6 is 11.8 Å². The lowest BCUT2D eigenvalue weighted by Crippen LogP contribution is -2.10. The zero-order valence-corrected chi connectivity index (χ0v) is 17.4. The van der Waals surface area contributed by atoms with Crippen molar-refractivity contribution in [3.63, 3.8) is 0 Å². The molecule has 0 amide bonds. The highest BCUT2D eigenvalue weighted by atomic mass is 32.2. The molecule has 6 nitrogen and oxygen atoms in total. The van der Waals surface area contributed by atoms with Gasteiger partial charge in [0.15, 0.2) is 6.29 Å². The molecule has 152 valence electrons. The molecule has 0 aliphatic carbocycles. The van der Waals surface area contributed by atoms with Crippen LogP contribution < -0.4 is 4.74 Å². The van der Waals surface area contributed by atoms with Crippen LogP contribution in [0.4, 0.5) is 0 Å². The normalized spacial score (nSPS) is 11.6. The molecule has 29 heavy (non-hydrogen) atoms. The fraction of sp³-hybridized carbons (Fsp3) is 0.190. The first kappa shape index (κ1) is 21.3. The number of aliphatic hydroxyl groups excluding tert-OH is 1.